The highest BCUT2D eigenvalue weighted by atomic mass is 35.5. The van der Waals surface area contributed by atoms with Crippen molar-refractivity contribution in [3.63, 3.8) is 0 Å². The number of halogens is 2. The lowest BCUT2D eigenvalue weighted by atomic mass is 9.91. The summed E-state index contributed by atoms with van der Waals surface area (Å²) < 4.78 is 0. The van der Waals surface area contributed by atoms with Crippen molar-refractivity contribution in [2.24, 2.45) is 0 Å². The number of aliphatic carboxylic acids is 1. The monoisotopic (exact) mass is 431 g/mol. The van der Waals surface area contributed by atoms with Gasteiger partial charge in [0.1, 0.15) is 6.04 Å². The van der Waals surface area contributed by atoms with Gasteiger partial charge in [-0.05, 0) is 49.8 Å². The molecule has 0 bridgehead atoms. The summed E-state index contributed by atoms with van der Waals surface area (Å²) in [6.45, 7) is 1.45. The summed E-state index contributed by atoms with van der Waals surface area (Å²) in [6.07, 6.45) is 3.42. The molecule has 8 heteroatoms. The Morgan fingerprint density at radius 1 is 1.26 bits per heavy atom. The number of piperidine rings is 1. The second-order valence-corrected chi connectivity index (χ2v) is 8.72. The van der Waals surface area contributed by atoms with Crippen LogP contribution in [0.4, 0.5) is 0 Å². The summed E-state index contributed by atoms with van der Waals surface area (Å²) in [6, 6.07) is 4.35. The number of carbonyl (C=O) groups excluding carboxylic acids is 2. The smallest absolute Gasteiger partial charge is 0.326 e. The number of thioether (sulfide) groups is 1. The van der Waals surface area contributed by atoms with Gasteiger partial charge in [0.15, 0.2) is 5.12 Å². The maximum atomic E-state index is 12.7. The van der Waals surface area contributed by atoms with Crippen LogP contribution in [0.1, 0.15) is 44.6 Å². The summed E-state index contributed by atoms with van der Waals surface area (Å²) in [5.41, 5.74) is 0.929. The molecule has 1 aliphatic heterocycles. The molecule has 2 atom stereocenters. The van der Waals surface area contributed by atoms with Crippen LogP contribution in [0.5, 0.6) is 0 Å². The number of carboxylic acids is 1. The summed E-state index contributed by atoms with van der Waals surface area (Å²) in [5, 5.41) is 10.6. The van der Waals surface area contributed by atoms with Crippen LogP contribution < -0.4 is 0 Å². The number of carbonyl (C=O) groups is 3. The molecule has 1 N–H and O–H groups in total. The van der Waals surface area contributed by atoms with Gasteiger partial charge in [0.25, 0.3) is 0 Å². The highest BCUT2D eigenvalue weighted by Crippen LogP contribution is 2.29. The van der Waals surface area contributed by atoms with Gasteiger partial charge in [-0.2, -0.15) is 0 Å². The standard InChI is InChI=1S/C19H23Cl2NO4S/c1-12(23)27-10-9-18(24)22-15(3-2-4-17(22)19(25)26)8-6-13-5-7-14(20)11-16(13)21/h5,7,11,15,17H,2-4,6,8-10H2,1H3,(H,25,26). The molecule has 1 fully saturated rings. The highest BCUT2D eigenvalue weighted by Gasteiger charge is 2.37. The number of nitrogens with zero attached hydrogens (tertiary/aromatic N) is 1. The van der Waals surface area contributed by atoms with E-state index in [1.807, 2.05) is 6.07 Å². The minimum absolute atomic E-state index is 0.0508. The third-order valence-electron chi connectivity index (χ3n) is 4.70. The van der Waals surface area contributed by atoms with Crippen molar-refractivity contribution in [1.82, 2.24) is 4.90 Å². The van der Waals surface area contributed by atoms with Crippen LogP contribution in [0.15, 0.2) is 18.2 Å². The molecule has 0 aliphatic carbocycles. The van der Waals surface area contributed by atoms with Crippen LogP contribution in [0.3, 0.4) is 0 Å². The third kappa shape index (κ3) is 6.40. The Hall–Kier alpha value is -1.24. The lowest BCUT2D eigenvalue weighted by Gasteiger charge is -2.40. The zero-order chi connectivity index (χ0) is 20.0. The molecule has 1 saturated heterocycles. The molecular weight excluding hydrogens is 409 g/mol. The van der Waals surface area contributed by atoms with E-state index in [0.717, 1.165) is 30.2 Å². The molecule has 0 radical (unpaired) electrons. The normalized spacial score (nSPS) is 19.7. The number of hydrogen-bond acceptors (Lipinski definition) is 4. The van der Waals surface area contributed by atoms with Crippen molar-refractivity contribution in [3.05, 3.63) is 33.8 Å². The highest BCUT2D eigenvalue weighted by molar-refractivity contribution is 8.13. The van der Waals surface area contributed by atoms with Gasteiger partial charge in [-0.15, -0.1) is 0 Å². The minimum atomic E-state index is -0.975. The number of benzene rings is 1. The van der Waals surface area contributed by atoms with Crippen LogP contribution in [0.25, 0.3) is 0 Å². The molecule has 5 nitrogen and oxygen atoms in total. The Balaban J connectivity index is 2.09. The number of hydrogen-bond donors (Lipinski definition) is 1. The Morgan fingerprint density at radius 3 is 2.63 bits per heavy atom. The molecule has 0 aromatic heterocycles. The maximum absolute atomic E-state index is 12.7. The Bertz CT molecular complexity index is 713. The summed E-state index contributed by atoms with van der Waals surface area (Å²) in [4.78, 5) is 37.0. The van der Waals surface area contributed by atoms with Crippen LogP contribution >= 0.6 is 35.0 Å². The van der Waals surface area contributed by atoms with E-state index in [2.05, 4.69) is 0 Å². The van der Waals surface area contributed by atoms with Crippen molar-refractivity contribution >= 4 is 52.0 Å². The average Bonchev–Trinajstić information content (AvgIpc) is 2.60. The van der Waals surface area contributed by atoms with Crippen molar-refractivity contribution in [3.8, 4) is 0 Å². The average molecular weight is 432 g/mol. The van der Waals surface area contributed by atoms with Gasteiger partial charge >= 0.3 is 5.97 Å². The quantitative estimate of drug-likeness (QED) is 0.690. The van der Waals surface area contributed by atoms with Crippen molar-refractivity contribution < 1.29 is 19.5 Å². The number of carboxylic acid groups (broad SMARTS) is 1. The molecule has 0 spiro atoms. The minimum Gasteiger partial charge on any atom is -0.480 e. The van der Waals surface area contributed by atoms with E-state index in [-0.39, 0.29) is 23.5 Å². The van der Waals surface area contributed by atoms with Crippen molar-refractivity contribution in [1.29, 1.82) is 0 Å². The number of amides is 1. The van der Waals surface area contributed by atoms with E-state index in [9.17, 15) is 19.5 Å². The molecule has 0 saturated carbocycles. The second-order valence-electron chi connectivity index (χ2n) is 6.60. The molecule has 1 aromatic carbocycles. The largest absolute Gasteiger partial charge is 0.480 e. The number of rotatable bonds is 7. The number of likely N-dealkylation sites (tertiary alicyclic amines) is 1. The second kappa shape index (κ2) is 10.3. The fourth-order valence-corrected chi connectivity index (χ4v) is 4.51. The topological polar surface area (TPSA) is 74.7 Å². The fourth-order valence-electron chi connectivity index (χ4n) is 3.44. The van der Waals surface area contributed by atoms with E-state index >= 15 is 0 Å². The molecule has 1 heterocycles. The molecule has 2 unspecified atom stereocenters. The molecular formula is C19H23Cl2NO4S. The van der Waals surface area contributed by atoms with Crippen molar-refractivity contribution in [2.45, 2.75) is 57.5 Å². The van der Waals surface area contributed by atoms with Crippen LogP contribution in [-0.2, 0) is 20.8 Å². The summed E-state index contributed by atoms with van der Waals surface area (Å²) in [7, 11) is 0. The van der Waals surface area contributed by atoms with Gasteiger partial charge in [-0.1, -0.05) is 41.0 Å². The predicted molar refractivity (Wildman–Crippen MR) is 108 cm³/mol. The molecule has 1 aliphatic rings. The summed E-state index contributed by atoms with van der Waals surface area (Å²) in [5.74, 6) is -0.813. The Kier molecular flexibility index (Phi) is 8.45. The van der Waals surface area contributed by atoms with Gasteiger partial charge in [0, 0.05) is 35.2 Å². The lowest BCUT2D eigenvalue weighted by molar-refractivity contribution is -0.155. The first-order chi connectivity index (χ1) is 12.8. The zero-order valence-corrected chi connectivity index (χ0v) is 17.4. The molecule has 1 aromatic rings. The van der Waals surface area contributed by atoms with Crippen LogP contribution in [-0.4, -0.2) is 44.8 Å². The van der Waals surface area contributed by atoms with Gasteiger partial charge in [0.2, 0.25) is 5.91 Å². The zero-order valence-electron chi connectivity index (χ0n) is 15.1. The van der Waals surface area contributed by atoms with E-state index < -0.39 is 12.0 Å². The van der Waals surface area contributed by atoms with Gasteiger partial charge in [-0.25, -0.2) is 4.79 Å². The molecule has 2 rings (SSSR count). The lowest BCUT2D eigenvalue weighted by Crippen LogP contribution is -2.53. The van der Waals surface area contributed by atoms with Crippen LogP contribution in [0, 0.1) is 0 Å². The van der Waals surface area contributed by atoms with Gasteiger partial charge in [-0.3, -0.25) is 9.59 Å². The summed E-state index contributed by atoms with van der Waals surface area (Å²) >= 11 is 13.2. The molecule has 148 valence electrons. The first-order valence-corrected chi connectivity index (χ1v) is 10.6. The Morgan fingerprint density at radius 2 is 2.00 bits per heavy atom. The van der Waals surface area contributed by atoms with E-state index in [1.54, 1.807) is 12.1 Å². The predicted octanol–water partition coefficient (Wildman–Crippen LogP) is 4.43. The number of aryl methyl sites for hydroxylation is 1. The Labute approximate surface area is 173 Å². The van der Waals surface area contributed by atoms with Crippen LogP contribution in [0.2, 0.25) is 10.0 Å². The first kappa shape index (κ1) is 22.1. The first-order valence-electron chi connectivity index (χ1n) is 8.91. The van der Waals surface area contributed by atoms with E-state index in [0.29, 0.717) is 35.1 Å². The SMILES string of the molecule is CC(=O)SCCC(=O)N1C(CCc2ccc(Cl)cc2Cl)CCCC1C(=O)O. The van der Waals surface area contributed by atoms with Crippen molar-refractivity contribution in [2.75, 3.05) is 5.75 Å². The maximum Gasteiger partial charge on any atom is 0.326 e. The van der Waals surface area contributed by atoms with Gasteiger partial charge in [0.05, 0.1) is 0 Å². The van der Waals surface area contributed by atoms with Gasteiger partial charge < -0.3 is 10.0 Å². The van der Waals surface area contributed by atoms with E-state index in [1.165, 1.54) is 11.8 Å². The molecule has 27 heavy (non-hydrogen) atoms. The third-order valence-corrected chi connectivity index (χ3v) is 6.10. The van der Waals surface area contributed by atoms with E-state index in [4.69, 9.17) is 23.2 Å². The molecule has 1 amide bonds. The fraction of sp³-hybridized carbons (Fsp3) is 0.526.